The van der Waals surface area contributed by atoms with Gasteiger partial charge in [-0.1, -0.05) is 29.9 Å². The molecule has 1 N–H and O–H groups in total. The normalized spacial score (nSPS) is 23.2. The van der Waals surface area contributed by atoms with E-state index in [9.17, 15) is 14.7 Å². The zero-order valence-corrected chi connectivity index (χ0v) is 19.9. The van der Waals surface area contributed by atoms with E-state index in [0.717, 1.165) is 23.5 Å². The Balaban J connectivity index is 1.34. The largest absolute Gasteiger partial charge is 0.476 e. The van der Waals surface area contributed by atoms with Crippen LogP contribution in [0, 0.1) is 6.92 Å². The molecule has 3 aliphatic heterocycles. The van der Waals surface area contributed by atoms with E-state index in [0.29, 0.717) is 59.4 Å². The van der Waals surface area contributed by atoms with Gasteiger partial charge in [-0.25, -0.2) is 19.8 Å². The molecule has 0 aromatic carbocycles. The number of carbonyl (C=O) groups excluding carboxylic acids is 1. The molecular formula is C22H24ClN5O4S. The smallest absolute Gasteiger partial charge is 0.356 e. The Kier molecular flexibility index (Phi) is 5.84. The number of morpholine rings is 1. The lowest BCUT2D eigenvalue weighted by atomic mass is 9.97. The molecule has 0 saturated carbocycles. The lowest BCUT2D eigenvalue weighted by Crippen LogP contribution is -2.61. The Morgan fingerprint density at radius 1 is 1.33 bits per heavy atom. The number of aromatic nitrogens is 2. The molecule has 0 radical (unpaired) electrons. The average molecular weight is 490 g/mol. The average Bonchev–Trinajstić information content (AvgIpc) is 3.40. The fourth-order valence-electron chi connectivity index (χ4n) is 4.72. The highest BCUT2D eigenvalue weighted by Crippen LogP contribution is 2.35. The van der Waals surface area contributed by atoms with Crippen LogP contribution in [0.25, 0.3) is 10.2 Å². The van der Waals surface area contributed by atoms with E-state index in [-0.39, 0.29) is 23.7 Å². The summed E-state index contributed by atoms with van der Waals surface area (Å²) < 4.78 is 6.62. The van der Waals surface area contributed by atoms with Gasteiger partial charge in [0.2, 0.25) is 0 Å². The molecule has 2 fully saturated rings. The van der Waals surface area contributed by atoms with Gasteiger partial charge in [0, 0.05) is 31.7 Å². The second kappa shape index (κ2) is 8.66. The number of aromatic carboxylic acids is 1. The fraction of sp³-hybridized carbons (Fsp3) is 0.500. The van der Waals surface area contributed by atoms with Crippen LogP contribution < -0.4 is 4.90 Å². The predicted molar refractivity (Wildman–Crippen MR) is 126 cm³/mol. The van der Waals surface area contributed by atoms with Gasteiger partial charge in [-0.3, -0.25) is 4.79 Å². The lowest BCUT2D eigenvalue weighted by Gasteiger charge is -2.46. The number of carboxylic acids is 1. The van der Waals surface area contributed by atoms with Crippen molar-refractivity contribution in [1.29, 1.82) is 0 Å². The minimum atomic E-state index is -1.06. The molecule has 2 aromatic heterocycles. The Bertz CT molecular complexity index is 1210. The molecule has 9 nitrogen and oxygen atoms in total. The van der Waals surface area contributed by atoms with Crippen LogP contribution in [0.4, 0.5) is 5.13 Å². The minimum Gasteiger partial charge on any atom is -0.476 e. The fourth-order valence-corrected chi connectivity index (χ4v) is 6.08. The third-order valence-corrected chi connectivity index (χ3v) is 7.88. The number of carbonyl (C=O) groups is 2. The van der Waals surface area contributed by atoms with Crippen LogP contribution in [0.3, 0.4) is 0 Å². The van der Waals surface area contributed by atoms with Crippen LogP contribution in [-0.2, 0) is 9.53 Å². The Morgan fingerprint density at radius 3 is 2.88 bits per heavy atom. The maximum atomic E-state index is 13.2. The molecule has 2 saturated heterocycles. The highest BCUT2D eigenvalue weighted by Gasteiger charge is 2.41. The monoisotopic (exact) mass is 489 g/mol. The number of thiazole rings is 1. The molecule has 33 heavy (non-hydrogen) atoms. The minimum absolute atomic E-state index is 0.0328. The van der Waals surface area contributed by atoms with E-state index in [1.165, 1.54) is 11.3 Å². The highest BCUT2D eigenvalue weighted by atomic mass is 35.5. The summed E-state index contributed by atoms with van der Waals surface area (Å²) in [7, 11) is 0. The van der Waals surface area contributed by atoms with Crippen molar-refractivity contribution in [2.24, 2.45) is 4.99 Å². The molecule has 3 aliphatic rings. The molecule has 2 aromatic rings. The number of anilines is 1. The zero-order valence-electron chi connectivity index (χ0n) is 18.4. The van der Waals surface area contributed by atoms with Crippen molar-refractivity contribution in [3.05, 3.63) is 28.2 Å². The maximum Gasteiger partial charge on any atom is 0.356 e. The molecule has 5 rings (SSSR count). The summed E-state index contributed by atoms with van der Waals surface area (Å²) in [5.41, 5.74) is 2.80. The molecule has 0 bridgehead atoms. The number of hydrogen-bond donors (Lipinski definition) is 1. The van der Waals surface area contributed by atoms with E-state index in [2.05, 4.69) is 19.9 Å². The van der Waals surface area contributed by atoms with Crippen LogP contribution >= 0.6 is 22.9 Å². The second-order valence-electron chi connectivity index (χ2n) is 8.46. The first-order valence-corrected chi connectivity index (χ1v) is 12.2. The molecule has 0 spiro atoms. The van der Waals surface area contributed by atoms with Crippen molar-refractivity contribution >= 4 is 55.9 Å². The Morgan fingerprint density at radius 2 is 2.15 bits per heavy atom. The SMILES string of the molecule is CCC1=C(Cl)N=C(C(=O)N2CCO[C@H]3CN(c4nc5cc(C)nc(C(=O)O)c5s4)CC[C@H]32)C1. The second-order valence-corrected chi connectivity index (χ2v) is 9.79. The summed E-state index contributed by atoms with van der Waals surface area (Å²) in [6.07, 6.45) is 1.87. The number of rotatable bonds is 4. The zero-order chi connectivity index (χ0) is 23.3. The molecule has 174 valence electrons. The first-order chi connectivity index (χ1) is 15.9. The van der Waals surface area contributed by atoms with Crippen LogP contribution in [-0.4, -0.2) is 75.9 Å². The Labute approximate surface area is 199 Å². The van der Waals surface area contributed by atoms with Crippen molar-refractivity contribution in [1.82, 2.24) is 14.9 Å². The van der Waals surface area contributed by atoms with Gasteiger partial charge in [-0.2, -0.15) is 0 Å². The number of hydrogen-bond acceptors (Lipinski definition) is 8. The summed E-state index contributed by atoms with van der Waals surface area (Å²) in [6.45, 7) is 6.04. The van der Waals surface area contributed by atoms with E-state index < -0.39 is 5.97 Å². The summed E-state index contributed by atoms with van der Waals surface area (Å²) in [4.78, 5) is 42.1. The van der Waals surface area contributed by atoms with E-state index >= 15 is 0 Å². The summed E-state index contributed by atoms with van der Waals surface area (Å²) in [5.74, 6) is -1.12. The highest BCUT2D eigenvalue weighted by molar-refractivity contribution is 7.22. The van der Waals surface area contributed by atoms with Crippen LogP contribution in [0.2, 0.25) is 0 Å². The number of nitrogens with zero attached hydrogens (tertiary/aromatic N) is 5. The first kappa shape index (κ1) is 22.2. The lowest BCUT2D eigenvalue weighted by molar-refractivity contribution is -0.140. The van der Waals surface area contributed by atoms with E-state index in [4.69, 9.17) is 16.3 Å². The molecule has 5 heterocycles. The van der Waals surface area contributed by atoms with Gasteiger partial charge in [0.1, 0.15) is 10.9 Å². The van der Waals surface area contributed by atoms with Gasteiger partial charge in [0.15, 0.2) is 10.8 Å². The van der Waals surface area contributed by atoms with Crippen molar-refractivity contribution < 1.29 is 19.4 Å². The van der Waals surface area contributed by atoms with E-state index in [1.807, 2.05) is 11.8 Å². The molecule has 0 aliphatic carbocycles. The number of piperidine rings is 1. The van der Waals surface area contributed by atoms with Gasteiger partial charge < -0.3 is 19.6 Å². The molecule has 0 unspecified atom stereocenters. The van der Waals surface area contributed by atoms with Gasteiger partial charge >= 0.3 is 5.97 Å². The summed E-state index contributed by atoms with van der Waals surface area (Å²) >= 11 is 7.53. The summed E-state index contributed by atoms with van der Waals surface area (Å²) in [5, 5.41) is 10.7. The van der Waals surface area contributed by atoms with Gasteiger partial charge in [0.25, 0.3) is 5.91 Å². The van der Waals surface area contributed by atoms with Crippen LogP contribution in [0.1, 0.15) is 42.4 Å². The van der Waals surface area contributed by atoms with Crippen molar-refractivity contribution in [2.75, 3.05) is 31.1 Å². The van der Waals surface area contributed by atoms with Gasteiger partial charge in [0.05, 0.1) is 29.0 Å². The molecular weight excluding hydrogens is 466 g/mol. The number of carboxylic acid groups (broad SMARTS) is 1. The molecule has 1 amide bonds. The third-order valence-electron chi connectivity index (χ3n) is 6.39. The first-order valence-electron chi connectivity index (χ1n) is 11.0. The molecule has 2 atom stereocenters. The number of allylic oxidation sites excluding steroid dienone is 1. The number of aliphatic imine (C=N–C) groups is 1. The predicted octanol–water partition coefficient (Wildman–Crippen LogP) is 3.21. The standard InChI is InChI=1S/C22H24ClN5O4S/c1-3-12-9-14(25-19(12)23)20(29)28-6-7-32-16-10-27(5-4-15(16)28)22-26-13-8-11(2)24-17(21(30)31)18(13)33-22/h8,15-16H,3-7,9-10H2,1-2H3,(H,30,31)/t15-,16+/m1/s1. The van der Waals surface area contributed by atoms with Crippen molar-refractivity contribution in [3.8, 4) is 0 Å². The van der Waals surface area contributed by atoms with Crippen LogP contribution in [0.15, 0.2) is 21.8 Å². The van der Waals surface area contributed by atoms with Crippen LogP contribution in [0.5, 0.6) is 0 Å². The van der Waals surface area contributed by atoms with E-state index in [1.54, 1.807) is 13.0 Å². The number of halogens is 1. The number of fused-ring (bicyclic) bond motifs is 2. The number of amides is 1. The number of ether oxygens (including phenoxy) is 1. The third kappa shape index (κ3) is 4.00. The number of aryl methyl sites for hydroxylation is 1. The van der Waals surface area contributed by atoms with Gasteiger partial charge in [-0.15, -0.1) is 0 Å². The van der Waals surface area contributed by atoms with Gasteiger partial charge in [-0.05, 0) is 31.4 Å². The van der Waals surface area contributed by atoms with Crippen molar-refractivity contribution in [2.45, 2.75) is 45.3 Å². The number of pyridine rings is 1. The topological polar surface area (TPSA) is 108 Å². The molecule has 11 heteroatoms. The Hall–Kier alpha value is -2.56. The quantitative estimate of drug-likeness (QED) is 0.657. The van der Waals surface area contributed by atoms with Crippen molar-refractivity contribution in [3.63, 3.8) is 0 Å². The maximum absolute atomic E-state index is 13.2. The summed E-state index contributed by atoms with van der Waals surface area (Å²) in [6, 6.07) is 1.76.